The van der Waals surface area contributed by atoms with Crippen molar-refractivity contribution in [2.75, 3.05) is 38.6 Å². The molecule has 3 rings (SSSR count). The zero-order chi connectivity index (χ0) is 18.5. The summed E-state index contributed by atoms with van der Waals surface area (Å²) < 4.78 is 8.78. The first kappa shape index (κ1) is 17.8. The number of aromatic nitrogens is 2. The number of hydrogen-bond donors (Lipinski definition) is 1. The molecule has 1 aliphatic rings. The largest absolute Gasteiger partial charge is 0.468 e. The van der Waals surface area contributed by atoms with Crippen LogP contribution < -0.4 is 5.32 Å². The van der Waals surface area contributed by atoms with E-state index in [2.05, 4.69) is 19.4 Å². The van der Waals surface area contributed by atoms with Crippen LogP contribution in [0.1, 0.15) is 0 Å². The first-order chi connectivity index (χ1) is 12.6. The third-order valence-electron chi connectivity index (χ3n) is 3.83. The van der Waals surface area contributed by atoms with Gasteiger partial charge < -0.3 is 14.5 Å². The van der Waals surface area contributed by atoms with Crippen LogP contribution in [-0.2, 0) is 14.3 Å². The van der Waals surface area contributed by atoms with Crippen LogP contribution in [0.5, 0.6) is 0 Å². The molecule has 2 heterocycles. The Balaban J connectivity index is 1.57. The van der Waals surface area contributed by atoms with Crippen molar-refractivity contribution in [3.05, 3.63) is 30.3 Å². The number of hydrogen-bond acceptors (Lipinski definition) is 7. The fraction of sp³-hybridized carbons (Fsp3) is 0.312. The molecule has 0 bridgehead atoms. The molecule has 2 aromatic rings. The van der Waals surface area contributed by atoms with E-state index in [0.29, 0.717) is 17.5 Å². The summed E-state index contributed by atoms with van der Waals surface area (Å²) in [5.41, 5.74) is 0.857. The quantitative estimate of drug-likeness (QED) is 0.801. The van der Waals surface area contributed by atoms with Crippen molar-refractivity contribution in [1.29, 1.82) is 0 Å². The zero-order valence-corrected chi connectivity index (χ0v) is 14.9. The summed E-state index contributed by atoms with van der Waals surface area (Å²) in [6.07, 6.45) is 0. The predicted octanol–water partition coefficient (Wildman–Crippen LogP) is 1.05. The minimum Gasteiger partial charge on any atom is -0.468 e. The number of ether oxygens (including phenoxy) is 1. The van der Waals surface area contributed by atoms with Crippen LogP contribution in [0.4, 0.5) is 9.93 Å². The number of piperazine rings is 1. The normalized spacial score (nSPS) is 14.3. The molecule has 1 aromatic heterocycles. The number of carbonyl (C=O) groups is 3. The average molecular weight is 375 g/mol. The topological polar surface area (TPSA) is 105 Å². The summed E-state index contributed by atoms with van der Waals surface area (Å²) in [6.45, 7) is 0.375. The molecule has 0 spiro atoms. The van der Waals surface area contributed by atoms with E-state index in [1.165, 1.54) is 16.9 Å². The summed E-state index contributed by atoms with van der Waals surface area (Å²) in [6, 6.07) is 9.00. The number of benzene rings is 1. The van der Waals surface area contributed by atoms with E-state index in [4.69, 9.17) is 0 Å². The van der Waals surface area contributed by atoms with Crippen molar-refractivity contribution in [2.45, 2.75) is 0 Å². The van der Waals surface area contributed by atoms with Gasteiger partial charge in [0, 0.05) is 30.2 Å². The number of nitrogens with one attached hydrogen (secondary N) is 1. The molecule has 0 atom stereocenters. The van der Waals surface area contributed by atoms with Crippen molar-refractivity contribution >= 4 is 34.6 Å². The van der Waals surface area contributed by atoms with E-state index in [-0.39, 0.29) is 25.5 Å². The lowest BCUT2D eigenvalue weighted by molar-refractivity contribution is -0.148. The molecule has 10 heteroatoms. The van der Waals surface area contributed by atoms with Gasteiger partial charge in [-0.1, -0.05) is 30.3 Å². The summed E-state index contributed by atoms with van der Waals surface area (Å²) in [4.78, 5) is 42.7. The summed E-state index contributed by atoms with van der Waals surface area (Å²) in [5, 5.41) is 3.02. The number of rotatable bonds is 4. The summed E-state index contributed by atoms with van der Waals surface area (Å²) in [7, 11) is 1.27. The maximum Gasteiger partial charge on any atom is 0.325 e. The number of methoxy groups -OCH3 is 1. The van der Waals surface area contributed by atoms with E-state index in [0.717, 1.165) is 17.1 Å². The minimum absolute atomic E-state index is 0.104. The van der Waals surface area contributed by atoms with Gasteiger partial charge in [0.25, 0.3) is 0 Å². The van der Waals surface area contributed by atoms with Crippen LogP contribution in [0.3, 0.4) is 0 Å². The van der Waals surface area contributed by atoms with Crippen LogP contribution >= 0.6 is 11.5 Å². The van der Waals surface area contributed by atoms with E-state index < -0.39 is 12.0 Å². The Kier molecular flexibility index (Phi) is 5.42. The van der Waals surface area contributed by atoms with Crippen molar-refractivity contribution in [3.63, 3.8) is 0 Å². The second-order valence-corrected chi connectivity index (χ2v) is 6.28. The molecule has 0 unspecified atom stereocenters. The Bertz CT molecular complexity index is 810. The molecular formula is C16H17N5O4S. The SMILES string of the molecule is COC(=O)CN1CCN(C(=O)Nc2nc(-c3ccccc3)ns2)CC1=O. The molecular weight excluding hydrogens is 358 g/mol. The van der Waals surface area contributed by atoms with Gasteiger partial charge in [0.15, 0.2) is 5.82 Å². The van der Waals surface area contributed by atoms with Gasteiger partial charge in [0.05, 0.1) is 7.11 Å². The lowest BCUT2D eigenvalue weighted by Gasteiger charge is -2.33. The van der Waals surface area contributed by atoms with Gasteiger partial charge >= 0.3 is 12.0 Å². The maximum absolute atomic E-state index is 12.3. The number of carbonyl (C=O) groups excluding carboxylic acids is 3. The number of urea groups is 1. The molecule has 1 fully saturated rings. The Hall–Kier alpha value is -3.01. The molecule has 1 saturated heterocycles. The van der Waals surface area contributed by atoms with E-state index in [9.17, 15) is 14.4 Å². The molecule has 9 nitrogen and oxygen atoms in total. The molecule has 0 radical (unpaired) electrons. The maximum atomic E-state index is 12.3. The van der Waals surface area contributed by atoms with Crippen LogP contribution in [0.25, 0.3) is 11.4 Å². The van der Waals surface area contributed by atoms with Crippen molar-refractivity contribution in [1.82, 2.24) is 19.2 Å². The fourth-order valence-electron chi connectivity index (χ4n) is 2.42. The van der Waals surface area contributed by atoms with Crippen LogP contribution in [-0.4, -0.2) is 70.4 Å². The highest BCUT2D eigenvalue weighted by Gasteiger charge is 2.29. The van der Waals surface area contributed by atoms with Gasteiger partial charge in [-0.3, -0.25) is 14.9 Å². The number of esters is 1. The molecule has 3 amide bonds. The molecule has 136 valence electrons. The Morgan fingerprint density at radius 1 is 1.27 bits per heavy atom. The second-order valence-electron chi connectivity index (χ2n) is 5.53. The molecule has 0 saturated carbocycles. The first-order valence-electron chi connectivity index (χ1n) is 7.86. The van der Waals surface area contributed by atoms with Gasteiger partial charge in [-0.25, -0.2) is 4.79 Å². The van der Waals surface area contributed by atoms with Gasteiger partial charge in [-0.05, 0) is 0 Å². The third kappa shape index (κ3) is 4.14. The summed E-state index contributed by atoms with van der Waals surface area (Å²) in [5.74, 6) is -0.262. The molecule has 1 aliphatic heterocycles. The smallest absolute Gasteiger partial charge is 0.325 e. The van der Waals surface area contributed by atoms with Gasteiger partial charge in [0.2, 0.25) is 11.0 Å². The molecule has 0 aliphatic carbocycles. The van der Waals surface area contributed by atoms with Crippen LogP contribution in [0.15, 0.2) is 30.3 Å². The van der Waals surface area contributed by atoms with Crippen LogP contribution in [0, 0.1) is 0 Å². The fourth-order valence-corrected chi connectivity index (χ4v) is 3.00. The molecule has 26 heavy (non-hydrogen) atoms. The number of amides is 3. The molecule has 1 aromatic carbocycles. The highest BCUT2D eigenvalue weighted by molar-refractivity contribution is 7.10. The highest BCUT2D eigenvalue weighted by atomic mass is 32.1. The Morgan fingerprint density at radius 2 is 2.04 bits per heavy atom. The Labute approximate surface area is 153 Å². The Morgan fingerprint density at radius 3 is 2.73 bits per heavy atom. The first-order valence-corrected chi connectivity index (χ1v) is 8.64. The van der Waals surface area contributed by atoms with Gasteiger partial charge in [0.1, 0.15) is 13.1 Å². The lowest BCUT2D eigenvalue weighted by Crippen LogP contribution is -2.54. The predicted molar refractivity (Wildman–Crippen MR) is 94.5 cm³/mol. The van der Waals surface area contributed by atoms with E-state index in [1.807, 2.05) is 30.3 Å². The minimum atomic E-state index is -0.487. The van der Waals surface area contributed by atoms with Crippen molar-refractivity contribution in [3.8, 4) is 11.4 Å². The average Bonchev–Trinajstić information content (AvgIpc) is 3.12. The molecule has 1 N–H and O–H groups in total. The monoisotopic (exact) mass is 375 g/mol. The summed E-state index contributed by atoms with van der Waals surface area (Å²) >= 11 is 1.07. The van der Waals surface area contributed by atoms with E-state index >= 15 is 0 Å². The van der Waals surface area contributed by atoms with Crippen molar-refractivity contribution < 1.29 is 19.1 Å². The third-order valence-corrected chi connectivity index (χ3v) is 4.46. The number of nitrogens with zero attached hydrogens (tertiary/aromatic N) is 4. The van der Waals surface area contributed by atoms with Crippen molar-refractivity contribution in [2.24, 2.45) is 0 Å². The van der Waals surface area contributed by atoms with Crippen LogP contribution in [0.2, 0.25) is 0 Å². The van der Waals surface area contributed by atoms with Gasteiger partial charge in [-0.15, -0.1) is 0 Å². The second kappa shape index (κ2) is 7.91. The number of anilines is 1. The standard InChI is InChI=1S/C16H17N5O4S/c1-25-13(23)10-20-7-8-21(9-12(20)22)16(24)18-15-17-14(19-26-15)11-5-3-2-4-6-11/h2-6H,7-10H2,1H3,(H,17,18,19,24). The zero-order valence-electron chi connectivity index (χ0n) is 14.0. The van der Waals surface area contributed by atoms with Gasteiger partial charge in [-0.2, -0.15) is 9.36 Å². The van der Waals surface area contributed by atoms with E-state index in [1.54, 1.807) is 0 Å². The lowest BCUT2D eigenvalue weighted by atomic mass is 10.2. The highest BCUT2D eigenvalue weighted by Crippen LogP contribution is 2.21.